The van der Waals surface area contributed by atoms with Crippen molar-refractivity contribution in [3.05, 3.63) is 0 Å². The first kappa shape index (κ1) is 109. The molecule has 35 N–H and O–H groups in total. The zero-order chi connectivity index (χ0) is 96.9. The molecule has 11 aliphatic rings. The quantitative estimate of drug-likeness (QED) is 0.0280. The van der Waals surface area contributed by atoms with Gasteiger partial charge in [-0.05, 0) is 0 Å². The number of amides is 3. The normalized spacial score (nSPS) is 50.4. The Balaban J connectivity index is 0.965. The number of hydrogen-bond acceptors (Lipinski definition) is 56. The van der Waals surface area contributed by atoms with Crippen LogP contribution in [-0.2, 0) is 114 Å². The van der Waals surface area contributed by atoms with Gasteiger partial charge in [0.2, 0.25) is 17.7 Å². The maximum atomic E-state index is 13.2. The zero-order valence-electron chi connectivity index (χ0n) is 70.3. The highest BCUT2D eigenvalue weighted by atomic mass is 16.8. The first-order chi connectivity index (χ1) is 62.6. The molecule has 11 fully saturated rings. The summed E-state index contributed by atoms with van der Waals surface area (Å²) in [6.07, 6.45) is -117. The highest BCUT2D eigenvalue weighted by molar-refractivity contribution is 5.76. The smallest absolute Gasteiger partial charge is 0.221 e. The molecule has 59 heteroatoms. The van der Waals surface area contributed by atoms with Crippen molar-refractivity contribution in [1.82, 2.24) is 16.0 Å². The number of aliphatic hydroxyl groups excluding tert-OH is 32. The minimum Gasteiger partial charge on any atom is -0.394 e. The molecule has 59 nitrogen and oxygen atoms in total. The Labute approximate surface area is 746 Å². The summed E-state index contributed by atoms with van der Waals surface area (Å²) >= 11 is 0. The highest BCUT2D eigenvalue weighted by Gasteiger charge is 2.63. The molecule has 11 heterocycles. The van der Waals surface area contributed by atoms with Gasteiger partial charge in [0.05, 0.1) is 72.7 Å². The molecular weight excluding hydrogens is 1810 g/mol. The second-order valence-electron chi connectivity index (χ2n) is 33.3. The van der Waals surface area contributed by atoms with Gasteiger partial charge >= 0.3 is 0 Å². The van der Waals surface area contributed by atoms with Gasteiger partial charge in [0, 0.05) is 20.3 Å². The van der Waals surface area contributed by atoms with E-state index in [4.69, 9.17) is 99.5 Å². The average molecular weight is 1940 g/mol. The van der Waals surface area contributed by atoms with E-state index in [2.05, 4.69) is 16.0 Å². The Kier molecular flexibility index (Phi) is 39.3. The highest BCUT2D eigenvalue weighted by Crippen LogP contribution is 2.42. The van der Waals surface area contributed by atoms with Crippen LogP contribution >= 0.6 is 0 Å². The maximum absolute atomic E-state index is 13.2. The lowest BCUT2D eigenvalue weighted by Gasteiger charge is -2.51. The topological polar surface area (TPSA) is 928 Å². The molecule has 3 amide bonds. The van der Waals surface area contributed by atoms with Crippen molar-refractivity contribution in [3.63, 3.8) is 0 Å². The summed E-state index contributed by atoms with van der Waals surface area (Å²) in [4.78, 5) is 38.5. The van der Waals surface area contributed by atoms with E-state index in [1.807, 2.05) is 0 Å². The monoisotopic (exact) mass is 1940 g/mol. The fraction of sp³-hybridized carbons (Fsp3) is 0.959. The van der Waals surface area contributed by atoms with Gasteiger partial charge in [-0.2, -0.15) is 0 Å². The Morgan fingerprint density at radius 3 is 0.811 bits per heavy atom. The van der Waals surface area contributed by atoms with Crippen LogP contribution in [0.5, 0.6) is 0 Å². The van der Waals surface area contributed by atoms with E-state index in [9.17, 15) is 178 Å². The molecule has 55 atom stereocenters. The van der Waals surface area contributed by atoms with E-state index in [-0.39, 0.29) is 6.42 Å². The molecular formula is C73H123N3O56. The molecule has 11 rings (SSSR count). The molecule has 0 aromatic heterocycles. The molecule has 766 valence electrons. The molecule has 0 spiro atoms. The van der Waals surface area contributed by atoms with Gasteiger partial charge in [-0.25, -0.2) is 0 Å². The summed E-state index contributed by atoms with van der Waals surface area (Å²) in [6.45, 7) is -9.44. The van der Waals surface area contributed by atoms with Gasteiger partial charge in [-0.3, -0.25) is 14.4 Å². The Morgan fingerprint density at radius 2 is 0.462 bits per heavy atom. The molecule has 11 aliphatic heterocycles. The number of ether oxygens (including phenoxy) is 21. The van der Waals surface area contributed by atoms with E-state index in [1.54, 1.807) is 0 Å². The van der Waals surface area contributed by atoms with Crippen molar-refractivity contribution in [2.75, 3.05) is 72.7 Å². The Hall–Kier alpha value is -3.71. The second kappa shape index (κ2) is 47.7. The molecule has 132 heavy (non-hydrogen) atoms. The summed E-state index contributed by atoms with van der Waals surface area (Å²) in [7, 11) is 0. The molecule has 0 bridgehead atoms. The van der Waals surface area contributed by atoms with Crippen molar-refractivity contribution in [2.45, 2.75) is 365 Å². The standard InChI is InChI=1S/C73H123N3O56/c1-4-29(88)76-63-30(74-16(2)86)41(98)55(25(12-84)114-63)125-64-31(75-17(3)87)42(99)56(26(13-85)122-64)126-69-54(111)58(128-72-62(49(106)38(95)23(10-82)120-72)132-73-61(48(105)37(94)24(11-83)121-73)131-68-52(109)45(102)34(91)20(7-79)117-68)40(97)28(124-69)14-112-65-53(110)57(127-71-60(47(104)36(93)22(9-81)119-71)130-67-51(108)44(101)33(90)19(6-78)116-67)39(96)27(123-65)15-113-70-59(46(103)35(92)21(8-80)118-70)129-66-50(107)43(100)32(89)18(5-77)115-66/h18-28,30-73,77-85,89-111H,4-15H2,1-3H3,(H,74,86)(H,75,87)(H,76,88)/t18?,19-,20-,21?,22-,23-,24-,25?,26?,27?,28?,30?,31?,32+,33-,34-,35+,36-,37-,38-,39+,40+,41-,42-,43+,44?,45?,46+,47?,48?,49?,50?,51?,52?,53?,54?,55+,56+,57+,58+,59?,60?,61?,62?,63-,64+,65-,66+,67-,68-,69+,70-,71-,72-,73-/m1/s1. The lowest BCUT2D eigenvalue weighted by atomic mass is 9.93. The lowest BCUT2D eigenvalue weighted by molar-refractivity contribution is -0.408. The summed E-state index contributed by atoms with van der Waals surface area (Å²) in [5.41, 5.74) is 0. The number of aliphatic hydroxyl groups is 32. The van der Waals surface area contributed by atoms with Gasteiger partial charge in [0.15, 0.2) is 69.1 Å². The van der Waals surface area contributed by atoms with E-state index < -0.39 is 428 Å². The molecule has 0 aliphatic carbocycles. The van der Waals surface area contributed by atoms with Crippen LogP contribution in [-0.4, -0.2) is 591 Å². The Morgan fingerprint density at radius 1 is 0.220 bits per heavy atom. The molecule has 0 radical (unpaired) electrons. The molecule has 0 saturated carbocycles. The summed E-state index contributed by atoms with van der Waals surface area (Å²) in [5.74, 6) is -2.46. The molecule has 11 saturated heterocycles. The number of carbonyl (C=O) groups excluding carboxylic acids is 3. The van der Waals surface area contributed by atoms with Crippen LogP contribution in [0.1, 0.15) is 27.2 Å². The van der Waals surface area contributed by atoms with Gasteiger partial charge in [0.25, 0.3) is 0 Å². The van der Waals surface area contributed by atoms with Crippen LogP contribution in [0.15, 0.2) is 0 Å². The van der Waals surface area contributed by atoms with Crippen LogP contribution in [0.2, 0.25) is 0 Å². The summed E-state index contributed by atoms with van der Waals surface area (Å²) < 4.78 is 125. The minimum atomic E-state index is -2.70. The van der Waals surface area contributed by atoms with E-state index in [0.29, 0.717) is 0 Å². The van der Waals surface area contributed by atoms with Crippen LogP contribution in [0.25, 0.3) is 0 Å². The number of hydrogen-bond donors (Lipinski definition) is 35. The predicted octanol–water partition coefficient (Wildman–Crippen LogP) is -24.2. The molecule has 0 aromatic rings. The maximum Gasteiger partial charge on any atom is 0.221 e. The van der Waals surface area contributed by atoms with Gasteiger partial charge in [0.1, 0.15) is 268 Å². The first-order valence-electron chi connectivity index (χ1n) is 42.2. The largest absolute Gasteiger partial charge is 0.394 e. The van der Waals surface area contributed by atoms with Crippen molar-refractivity contribution in [1.29, 1.82) is 0 Å². The summed E-state index contributed by atoms with van der Waals surface area (Å²) in [5, 5.41) is 366. The lowest BCUT2D eigenvalue weighted by Crippen LogP contribution is -2.71. The number of rotatable bonds is 35. The van der Waals surface area contributed by atoms with Crippen LogP contribution in [0.4, 0.5) is 0 Å². The van der Waals surface area contributed by atoms with Gasteiger partial charge in [-0.1, -0.05) is 6.92 Å². The van der Waals surface area contributed by atoms with E-state index >= 15 is 0 Å². The first-order valence-corrected chi connectivity index (χ1v) is 42.2. The second-order valence-corrected chi connectivity index (χ2v) is 33.3. The average Bonchev–Trinajstić information content (AvgIpc) is 0.769. The van der Waals surface area contributed by atoms with E-state index in [0.717, 1.165) is 13.8 Å². The van der Waals surface area contributed by atoms with Gasteiger partial charge < -0.3 is 279 Å². The van der Waals surface area contributed by atoms with E-state index in [1.165, 1.54) is 6.92 Å². The fourth-order valence-corrected chi connectivity index (χ4v) is 16.9. The van der Waals surface area contributed by atoms with Crippen molar-refractivity contribution in [3.8, 4) is 0 Å². The number of carbonyl (C=O) groups is 3. The third-order valence-corrected chi connectivity index (χ3v) is 24.4. The SMILES string of the molecule is CCC(=O)N[C@@H]1OC(CO)[C@H](O[C@@H]2OC(CO)[C@H](O[C@@H]3OC(CO[C@@H]4OC(CO[C@@H]5OC(CO)[C@H](O)[C@H](O)C5O[C@@H]5OC(CO)[C@H](O)[C@H](O)C5O)[C@H](O)[C@H](O[C@H]5O[C@H](CO)[C@@H](O)C(O)C5O[C@H]5O[C@H](CO)[C@@H](O)C(O)C5O)C4O)[C@H](O)[C@H](O[C@H]4O[C@H](CO)[C@@H](O)C(O)C4O[C@H]4O[C@H](CO)[C@@H](O)C(O)C4O[C@H]4O[C@H](CO)[C@@H](O)C(O)C4O)C3O)[C@H](O)C2NC(C)=O)[C@H](O)C1NC(C)=O. The van der Waals surface area contributed by atoms with Crippen molar-refractivity contribution in [2.24, 2.45) is 0 Å². The Bertz CT molecular complexity index is 3540. The zero-order valence-corrected chi connectivity index (χ0v) is 70.3. The fourth-order valence-electron chi connectivity index (χ4n) is 16.9. The van der Waals surface area contributed by atoms with Crippen molar-refractivity contribution >= 4 is 17.7 Å². The molecule has 22 unspecified atom stereocenters. The third kappa shape index (κ3) is 23.5. The molecule has 0 aromatic carbocycles. The summed E-state index contributed by atoms with van der Waals surface area (Å²) in [6, 6.07) is -3.61. The van der Waals surface area contributed by atoms with Crippen LogP contribution in [0.3, 0.4) is 0 Å². The van der Waals surface area contributed by atoms with Gasteiger partial charge in [-0.15, -0.1) is 0 Å². The predicted molar refractivity (Wildman–Crippen MR) is 402 cm³/mol. The van der Waals surface area contributed by atoms with Crippen LogP contribution < -0.4 is 16.0 Å². The third-order valence-electron chi connectivity index (χ3n) is 24.4. The minimum absolute atomic E-state index is 0.147. The number of nitrogens with one attached hydrogen (secondary N) is 3. The van der Waals surface area contributed by atoms with Crippen molar-refractivity contribution < 1.29 is 277 Å². The van der Waals surface area contributed by atoms with Crippen LogP contribution in [0, 0.1) is 0 Å².